The third-order valence-corrected chi connectivity index (χ3v) is 5.53. The lowest BCUT2D eigenvalue weighted by molar-refractivity contribution is 0.216. The Morgan fingerprint density at radius 3 is 2.75 bits per heavy atom. The molecule has 0 radical (unpaired) electrons. The quantitative estimate of drug-likeness (QED) is 0.925. The molecule has 1 atom stereocenters. The van der Waals surface area contributed by atoms with E-state index in [1.807, 2.05) is 23.9 Å². The minimum absolute atomic E-state index is 0.241. The maximum absolute atomic E-state index is 6.59. The van der Waals surface area contributed by atoms with Crippen molar-refractivity contribution < 1.29 is 9.47 Å². The largest absolute Gasteiger partial charge is 0.493 e. The Morgan fingerprint density at radius 1 is 1.30 bits per heavy atom. The molecule has 1 unspecified atom stereocenters. The van der Waals surface area contributed by atoms with E-state index in [1.165, 1.54) is 18.6 Å². The van der Waals surface area contributed by atoms with Crippen LogP contribution in [0.5, 0.6) is 11.5 Å². The number of methoxy groups -OCH3 is 1. The van der Waals surface area contributed by atoms with Crippen LogP contribution in [0.2, 0.25) is 0 Å². The molecule has 2 fully saturated rings. The molecule has 3 nitrogen and oxygen atoms in total. The first-order valence-electron chi connectivity index (χ1n) is 7.44. The number of hydrogen-bond donors (Lipinski definition) is 1. The van der Waals surface area contributed by atoms with E-state index in [0.29, 0.717) is 6.10 Å². The predicted octanol–water partition coefficient (Wildman–Crippen LogP) is 3.31. The van der Waals surface area contributed by atoms with Crippen LogP contribution in [0.4, 0.5) is 0 Å². The summed E-state index contributed by atoms with van der Waals surface area (Å²) in [4.78, 5) is 0. The average molecular weight is 293 g/mol. The molecule has 2 N–H and O–H groups in total. The van der Waals surface area contributed by atoms with Crippen molar-refractivity contribution in [2.45, 2.75) is 43.7 Å². The number of nitrogens with two attached hydrogens (primary N) is 1. The Morgan fingerprint density at radius 2 is 2.10 bits per heavy atom. The molecule has 0 amide bonds. The molecule has 1 heterocycles. The monoisotopic (exact) mass is 293 g/mol. The molecule has 110 valence electrons. The lowest BCUT2D eigenvalue weighted by atomic mass is 9.88. The average Bonchev–Trinajstić information content (AvgIpc) is 3.11. The van der Waals surface area contributed by atoms with E-state index in [9.17, 15) is 0 Å². The van der Waals surface area contributed by atoms with Gasteiger partial charge in [-0.3, -0.25) is 0 Å². The zero-order valence-electron chi connectivity index (χ0n) is 12.1. The molecule has 1 aromatic carbocycles. The lowest BCUT2D eigenvalue weighted by Gasteiger charge is -2.28. The molecular weight excluding hydrogens is 270 g/mol. The van der Waals surface area contributed by atoms with Crippen LogP contribution in [0.25, 0.3) is 0 Å². The fourth-order valence-corrected chi connectivity index (χ4v) is 4.37. The fraction of sp³-hybridized carbons (Fsp3) is 0.625. The molecule has 0 bridgehead atoms. The van der Waals surface area contributed by atoms with E-state index in [1.54, 1.807) is 7.11 Å². The van der Waals surface area contributed by atoms with Crippen molar-refractivity contribution in [3.8, 4) is 11.5 Å². The summed E-state index contributed by atoms with van der Waals surface area (Å²) in [6.45, 7) is 0. The van der Waals surface area contributed by atoms with Gasteiger partial charge in [-0.1, -0.05) is 25.0 Å². The highest BCUT2D eigenvalue weighted by atomic mass is 32.2. The number of benzene rings is 1. The first kappa shape index (κ1) is 14.1. The highest BCUT2D eigenvalue weighted by Gasteiger charge is 2.35. The van der Waals surface area contributed by atoms with Crippen LogP contribution in [-0.2, 0) is 5.54 Å². The van der Waals surface area contributed by atoms with Crippen LogP contribution in [-0.4, -0.2) is 24.7 Å². The molecule has 1 aliphatic carbocycles. The molecule has 3 rings (SSSR count). The van der Waals surface area contributed by atoms with Crippen molar-refractivity contribution >= 4 is 11.8 Å². The number of ether oxygens (including phenoxy) is 2. The molecule has 1 aliphatic heterocycles. The summed E-state index contributed by atoms with van der Waals surface area (Å²) in [5, 5.41) is 0. The Balaban J connectivity index is 1.90. The van der Waals surface area contributed by atoms with Crippen LogP contribution >= 0.6 is 11.8 Å². The van der Waals surface area contributed by atoms with E-state index in [4.69, 9.17) is 15.2 Å². The van der Waals surface area contributed by atoms with Gasteiger partial charge in [-0.15, -0.1) is 0 Å². The van der Waals surface area contributed by atoms with Crippen LogP contribution < -0.4 is 15.2 Å². The summed E-state index contributed by atoms with van der Waals surface area (Å²) in [5.74, 6) is 3.96. The topological polar surface area (TPSA) is 44.5 Å². The Kier molecular flexibility index (Phi) is 4.13. The molecule has 1 aromatic rings. The first-order chi connectivity index (χ1) is 9.73. The van der Waals surface area contributed by atoms with Crippen LogP contribution in [0, 0.1) is 0 Å². The normalized spacial score (nSPS) is 24.8. The Bertz CT molecular complexity index is 466. The van der Waals surface area contributed by atoms with Crippen LogP contribution in [0.1, 0.15) is 37.7 Å². The molecule has 0 aromatic heterocycles. The first-order valence-corrected chi connectivity index (χ1v) is 8.59. The number of rotatable bonds is 4. The highest BCUT2D eigenvalue weighted by molar-refractivity contribution is 7.99. The van der Waals surface area contributed by atoms with Gasteiger partial charge < -0.3 is 15.2 Å². The number of hydrogen-bond acceptors (Lipinski definition) is 4. The van der Waals surface area contributed by atoms with Gasteiger partial charge >= 0.3 is 0 Å². The van der Waals surface area contributed by atoms with Crippen molar-refractivity contribution in [3.63, 3.8) is 0 Å². The smallest absolute Gasteiger partial charge is 0.165 e. The summed E-state index contributed by atoms with van der Waals surface area (Å²) in [6, 6.07) is 6.15. The summed E-state index contributed by atoms with van der Waals surface area (Å²) in [5.41, 5.74) is 7.46. The molecule has 1 saturated heterocycles. The lowest BCUT2D eigenvalue weighted by Crippen LogP contribution is -2.33. The Hall–Kier alpha value is -0.870. The molecule has 1 saturated carbocycles. The summed E-state index contributed by atoms with van der Waals surface area (Å²) in [6.07, 6.45) is 5.89. The van der Waals surface area contributed by atoms with Gasteiger partial charge in [0, 0.05) is 16.9 Å². The molecule has 4 heteroatoms. The minimum atomic E-state index is -0.241. The fourth-order valence-electron chi connectivity index (χ4n) is 3.27. The van der Waals surface area contributed by atoms with Crippen molar-refractivity contribution in [1.82, 2.24) is 0 Å². The van der Waals surface area contributed by atoms with E-state index in [2.05, 4.69) is 6.07 Å². The predicted molar refractivity (Wildman–Crippen MR) is 83.7 cm³/mol. The summed E-state index contributed by atoms with van der Waals surface area (Å²) in [7, 11) is 1.72. The van der Waals surface area contributed by atoms with Crippen LogP contribution in [0.3, 0.4) is 0 Å². The van der Waals surface area contributed by atoms with E-state index < -0.39 is 0 Å². The van der Waals surface area contributed by atoms with Gasteiger partial charge in [0.2, 0.25) is 0 Å². The molecular formula is C16H23NO2S. The summed E-state index contributed by atoms with van der Waals surface area (Å²) >= 11 is 1.95. The highest BCUT2D eigenvalue weighted by Crippen LogP contribution is 2.44. The maximum atomic E-state index is 6.59. The number of thioether (sulfide) groups is 1. The molecule has 2 aliphatic rings. The molecule has 0 spiro atoms. The van der Waals surface area contributed by atoms with E-state index in [-0.39, 0.29) is 5.54 Å². The van der Waals surface area contributed by atoms with Crippen molar-refractivity contribution in [2.24, 2.45) is 5.73 Å². The van der Waals surface area contributed by atoms with E-state index in [0.717, 1.165) is 42.1 Å². The van der Waals surface area contributed by atoms with Crippen molar-refractivity contribution in [2.75, 3.05) is 18.6 Å². The van der Waals surface area contributed by atoms with Gasteiger partial charge in [0.05, 0.1) is 7.11 Å². The standard InChI is InChI=1S/C16H23NO2S/c1-18-15-13(16(17)8-2-3-9-16)5-4-6-14(15)19-12-7-10-20-11-12/h4-6,12H,2-3,7-11,17H2,1H3. The van der Waals surface area contributed by atoms with Gasteiger partial charge in [0.1, 0.15) is 6.10 Å². The van der Waals surface area contributed by atoms with Gasteiger partial charge in [0.15, 0.2) is 11.5 Å². The molecule has 20 heavy (non-hydrogen) atoms. The van der Waals surface area contributed by atoms with E-state index >= 15 is 0 Å². The van der Waals surface area contributed by atoms with Crippen LogP contribution in [0.15, 0.2) is 18.2 Å². The van der Waals surface area contributed by atoms with Gasteiger partial charge in [-0.25, -0.2) is 0 Å². The Labute approximate surface area is 125 Å². The number of para-hydroxylation sites is 1. The zero-order valence-corrected chi connectivity index (χ0v) is 12.9. The maximum Gasteiger partial charge on any atom is 0.165 e. The van der Waals surface area contributed by atoms with Crippen molar-refractivity contribution in [1.29, 1.82) is 0 Å². The SMILES string of the molecule is COc1c(OC2CCSC2)cccc1C1(N)CCCC1. The zero-order chi connectivity index (χ0) is 14.0. The minimum Gasteiger partial charge on any atom is -0.493 e. The van der Waals surface area contributed by atoms with Gasteiger partial charge in [-0.2, -0.15) is 11.8 Å². The van der Waals surface area contributed by atoms with Crippen molar-refractivity contribution in [3.05, 3.63) is 23.8 Å². The van der Waals surface area contributed by atoms with Gasteiger partial charge in [-0.05, 0) is 31.1 Å². The second-order valence-corrected chi connectivity index (χ2v) is 6.95. The van der Waals surface area contributed by atoms with Gasteiger partial charge in [0.25, 0.3) is 0 Å². The third kappa shape index (κ3) is 2.63. The second-order valence-electron chi connectivity index (χ2n) is 5.80. The summed E-state index contributed by atoms with van der Waals surface area (Å²) < 4.78 is 11.8. The second kappa shape index (κ2) is 5.86. The third-order valence-electron chi connectivity index (χ3n) is 4.40.